The largest absolute Gasteiger partial charge is 0.467 e. The van der Waals surface area contributed by atoms with E-state index in [0.717, 1.165) is 49.2 Å². The van der Waals surface area contributed by atoms with Crippen LogP contribution in [0, 0.1) is 11.3 Å². The SMILES string of the molecule is C=C/C=C\C(CCCc1nc(OC)nc(N2CCN(C(=O)C(=C)F)C(CC#N)C2)c1CCC)=C(C)C. The molecule has 194 valence electrons. The summed E-state index contributed by atoms with van der Waals surface area (Å²) in [4.78, 5) is 25.2. The number of methoxy groups -OCH3 is 1. The highest BCUT2D eigenvalue weighted by Crippen LogP contribution is 2.29. The first-order chi connectivity index (χ1) is 17.3. The van der Waals surface area contributed by atoms with Gasteiger partial charge in [0, 0.05) is 25.2 Å². The van der Waals surface area contributed by atoms with Crippen LogP contribution in [0.2, 0.25) is 0 Å². The second kappa shape index (κ2) is 14.2. The number of anilines is 1. The summed E-state index contributed by atoms with van der Waals surface area (Å²) in [7, 11) is 1.55. The Labute approximate surface area is 214 Å². The van der Waals surface area contributed by atoms with E-state index >= 15 is 0 Å². The van der Waals surface area contributed by atoms with Crippen molar-refractivity contribution in [1.29, 1.82) is 5.26 Å². The van der Waals surface area contributed by atoms with Gasteiger partial charge in [-0.1, -0.05) is 50.3 Å². The van der Waals surface area contributed by atoms with Gasteiger partial charge in [-0.15, -0.1) is 0 Å². The van der Waals surface area contributed by atoms with E-state index in [4.69, 9.17) is 9.72 Å². The topological polar surface area (TPSA) is 82.4 Å². The summed E-state index contributed by atoms with van der Waals surface area (Å²) in [5.74, 6) is -1.00. The van der Waals surface area contributed by atoms with Gasteiger partial charge in [-0.2, -0.15) is 15.2 Å². The van der Waals surface area contributed by atoms with Crippen molar-refractivity contribution in [2.24, 2.45) is 0 Å². The van der Waals surface area contributed by atoms with Crippen molar-refractivity contribution in [3.8, 4) is 12.1 Å². The maximum atomic E-state index is 13.6. The Morgan fingerprint density at radius 2 is 2.06 bits per heavy atom. The summed E-state index contributed by atoms with van der Waals surface area (Å²) < 4.78 is 19.0. The van der Waals surface area contributed by atoms with E-state index in [-0.39, 0.29) is 13.0 Å². The number of aryl methyl sites for hydroxylation is 1. The number of ether oxygens (including phenoxy) is 1. The van der Waals surface area contributed by atoms with Crippen molar-refractivity contribution < 1.29 is 13.9 Å². The van der Waals surface area contributed by atoms with Crippen LogP contribution in [-0.2, 0) is 17.6 Å². The second-order valence-electron chi connectivity index (χ2n) is 9.05. The summed E-state index contributed by atoms with van der Waals surface area (Å²) in [6.07, 6.45) is 10.2. The molecule has 0 aliphatic carbocycles. The van der Waals surface area contributed by atoms with Crippen LogP contribution in [-0.4, -0.2) is 53.6 Å². The van der Waals surface area contributed by atoms with Crippen molar-refractivity contribution in [2.45, 2.75) is 65.3 Å². The van der Waals surface area contributed by atoms with E-state index in [1.54, 1.807) is 13.2 Å². The Morgan fingerprint density at radius 1 is 1.31 bits per heavy atom. The zero-order chi connectivity index (χ0) is 26.7. The molecule has 7 nitrogen and oxygen atoms in total. The zero-order valence-electron chi connectivity index (χ0n) is 22.0. The minimum atomic E-state index is -1.01. The highest BCUT2D eigenvalue weighted by atomic mass is 19.1. The van der Waals surface area contributed by atoms with Gasteiger partial charge in [-0.25, -0.2) is 4.39 Å². The lowest BCUT2D eigenvalue weighted by molar-refractivity contribution is -0.131. The van der Waals surface area contributed by atoms with E-state index < -0.39 is 17.8 Å². The van der Waals surface area contributed by atoms with E-state index in [0.29, 0.717) is 19.1 Å². The van der Waals surface area contributed by atoms with Gasteiger partial charge in [0.15, 0.2) is 5.83 Å². The minimum absolute atomic E-state index is 0.0947. The van der Waals surface area contributed by atoms with Crippen LogP contribution in [0.4, 0.5) is 10.2 Å². The summed E-state index contributed by atoms with van der Waals surface area (Å²) in [5, 5.41) is 9.33. The molecule has 2 heterocycles. The number of piperazine rings is 1. The lowest BCUT2D eigenvalue weighted by atomic mass is 9.99. The summed E-state index contributed by atoms with van der Waals surface area (Å²) >= 11 is 0. The highest BCUT2D eigenvalue weighted by molar-refractivity contribution is 5.91. The molecule has 0 spiro atoms. The van der Waals surface area contributed by atoms with Crippen LogP contribution < -0.4 is 9.64 Å². The van der Waals surface area contributed by atoms with Crippen LogP contribution in [0.25, 0.3) is 0 Å². The van der Waals surface area contributed by atoms with Crippen LogP contribution in [0.1, 0.15) is 57.7 Å². The first kappa shape index (κ1) is 28.8. The lowest BCUT2D eigenvalue weighted by Gasteiger charge is -2.41. The average molecular weight is 496 g/mol. The molecular formula is C28H38FN5O2. The molecule has 1 aliphatic rings. The molecule has 0 bridgehead atoms. The minimum Gasteiger partial charge on any atom is -0.467 e. The molecule has 0 aromatic carbocycles. The molecule has 0 N–H and O–H groups in total. The van der Waals surface area contributed by atoms with Gasteiger partial charge >= 0.3 is 6.01 Å². The Bertz CT molecular complexity index is 1050. The molecular weight excluding hydrogens is 457 g/mol. The molecule has 36 heavy (non-hydrogen) atoms. The van der Waals surface area contributed by atoms with E-state index in [1.165, 1.54) is 16.0 Å². The van der Waals surface area contributed by atoms with Crippen LogP contribution >= 0.6 is 0 Å². The van der Waals surface area contributed by atoms with Crippen molar-refractivity contribution in [2.75, 3.05) is 31.6 Å². The predicted octanol–water partition coefficient (Wildman–Crippen LogP) is 5.25. The molecule has 1 amide bonds. The summed E-state index contributed by atoms with van der Waals surface area (Å²) in [6, 6.07) is 1.96. The Hall–Kier alpha value is -3.47. The third-order valence-corrected chi connectivity index (χ3v) is 6.27. The standard InChI is InChI=1S/C28H38FN5O2/c1-7-9-12-22(20(3)4)13-10-14-25-24(11-8-2)26(32-28(31-25)36-6)33-17-18-34(27(35)21(5)29)23(19-33)15-16-30/h7,9,12,23H,1,5,8,10-11,13-15,17-19H2,2-4,6H3/b12-9-. The number of carbonyl (C=O) groups is 1. The fourth-order valence-electron chi connectivity index (χ4n) is 4.44. The summed E-state index contributed by atoms with van der Waals surface area (Å²) in [6.45, 7) is 14.3. The smallest absolute Gasteiger partial charge is 0.318 e. The molecule has 1 aromatic heterocycles. The van der Waals surface area contributed by atoms with Crippen molar-refractivity contribution in [3.05, 3.63) is 59.6 Å². The molecule has 0 radical (unpaired) electrons. The molecule has 1 fully saturated rings. The predicted molar refractivity (Wildman–Crippen MR) is 141 cm³/mol. The Balaban J connectivity index is 2.36. The molecule has 1 unspecified atom stereocenters. The van der Waals surface area contributed by atoms with Crippen LogP contribution in [0.3, 0.4) is 0 Å². The lowest BCUT2D eigenvalue weighted by Crippen LogP contribution is -2.55. The molecule has 1 aromatic rings. The van der Waals surface area contributed by atoms with Gasteiger partial charge in [-0.05, 0) is 45.1 Å². The number of amides is 1. The molecule has 0 saturated carbocycles. The van der Waals surface area contributed by atoms with Gasteiger partial charge in [-0.3, -0.25) is 4.79 Å². The fourth-order valence-corrected chi connectivity index (χ4v) is 4.44. The van der Waals surface area contributed by atoms with Gasteiger partial charge < -0.3 is 14.5 Å². The van der Waals surface area contributed by atoms with E-state index in [9.17, 15) is 14.4 Å². The number of aromatic nitrogens is 2. The van der Waals surface area contributed by atoms with E-state index in [1.807, 2.05) is 6.08 Å². The van der Waals surface area contributed by atoms with Crippen molar-refractivity contribution >= 4 is 11.7 Å². The molecule has 8 heteroatoms. The van der Waals surface area contributed by atoms with E-state index in [2.05, 4.69) is 56.0 Å². The highest BCUT2D eigenvalue weighted by Gasteiger charge is 2.33. The Morgan fingerprint density at radius 3 is 2.64 bits per heavy atom. The average Bonchev–Trinajstić information content (AvgIpc) is 2.86. The number of hydrogen-bond acceptors (Lipinski definition) is 6. The van der Waals surface area contributed by atoms with Gasteiger partial charge in [0.25, 0.3) is 5.91 Å². The van der Waals surface area contributed by atoms with Gasteiger partial charge in [0.2, 0.25) is 0 Å². The maximum Gasteiger partial charge on any atom is 0.318 e. The van der Waals surface area contributed by atoms with Gasteiger partial charge in [0.05, 0.1) is 31.3 Å². The summed E-state index contributed by atoms with van der Waals surface area (Å²) in [5.41, 5.74) is 4.56. The molecule has 2 rings (SSSR count). The number of nitriles is 1. The second-order valence-corrected chi connectivity index (χ2v) is 9.05. The number of rotatable bonds is 12. The van der Waals surface area contributed by atoms with Crippen LogP contribution in [0.15, 0.2) is 48.4 Å². The number of nitrogens with zero attached hydrogens (tertiary/aromatic N) is 5. The van der Waals surface area contributed by atoms with Crippen LogP contribution in [0.5, 0.6) is 6.01 Å². The third-order valence-electron chi connectivity index (χ3n) is 6.27. The number of halogens is 1. The quantitative estimate of drug-likeness (QED) is 0.291. The van der Waals surface area contributed by atoms with Crippen molar-refractivity contribution in [3.63, 3.8) is 0 Å². The number of hydrogen-bond donors (Lipinski definition) is 0. The maximum absolute atomic E-state index is 13.6. The monoisotopic (exact) mass is 495 g/mol. The number of allylic oxidation sites excluding steroid dienone is 5. The molecule has 1 saturated heterocycles. The molecule has 1 aliphatic heterocycles. The first-order valence-electron chi connectivity index (χ1n) is 12.4. The Kier molecular flexibility index (Phi) is 11.3. The molecule has 1 atom stereocenters. The number of carbonyl (C=O) groups excluding carboxylic acids is 1. The van der Waals surface area contributed by atoms with Gasteiger partial charge in [0.1, 0.15) is 5.82 Å². The zero-order valence-corrected chi connectivity index (χ0v) is 22.0. The third kappa shape index (κ3) is 7.51. The first-order valence-corrected chi connectivity index (χ1v) is 12.4. The normalized spacial score (nSPS) is 15.5. The fraction of sp³-hybridized carbons (Fsp3) is 0.500. The van der Waals surface area contributed by atoms with Crippen molar-refractivity contribution in [1.82, 2.24) is 14.9 Å².